The third-order valence-electron chi connectivity index (χ3n) is 13.4. The smallest absolute Gasteiger partial charge is 0.0620 e. The number of fused-ring (bicyclic) bond motifs is 9. The minimum absolute atomic E-state index is 0.0878. The van der Waals surface area contributed by atoms with Crippen molar-refractivity contribution in [1.82, 2.24) is 0 Å². The summed E-state index contributed by atoms with van der Waals surface area (Å²) in [6.07, 6.45) is 0. The minimum Gasteiger partial charge on any atom is -0.309 e. The minimum atomic E-state index is -0.206. The van der Waals surface area contributed by atoms with Crippen molar-refractivity contribution in [3.8, 4) is 11.1 Å². The van der Waals surface area contributed by atoms with Crippen molar-refractivity contribution in [2.45, 2.75) is 57.8 Å². The summed E-state index contributed by atoms with van der Waals surface area (Å²) >= 11 is 0. The van der Waals surface area contributed by atoms with Crippen molar-refractivity contribution in [3.63, 3.8) is 0 Å². The number of nitrogens with zero attached hydrogens (tertiary/aromatic N) is 2. The molecule has 55 heavy (non-hydrogen) atoms. The van der Waals surface area contributed by atoms with E-state index in [-0.39, 0.29) is 16.2 Å². The molecule has 0 radical (unpaired) electrons. The van der Waals surface area contributed by atoms with Crippen molar-refractivity contribution >= 4 is 55.7 Å². The average Bonchev–Trinajstić information content (AvgIpc) is 3.43. The molecule has 0 unspecified atom stereocenters. The molecule has 2 heteroatoms. The molecule has 0 spiro atoms. The van der Waals surface area contributed by atoms with E-state index in [2.05, 4.69) is 209 Å². The third-order valence-corrected chi connectivity index (χ3v) is 13.4. The van der Waals surface area contributed by atoms with Crippen molar-refractivity contribution < 1.29 is 0 Å². The van der Waals surface area contributed by atoms with Gasteiger partial charge in [-0.1, -0.05) is 175 Å². The molecule has 2 nitrogen and oxygen atoms in total. The molecule has 0 fully saturated rings. The first kappa shape index (κ1) is 32.3. The summed E-state index contributed by atoms with van der Waals surface area (Å²) in [6.45, 7) is 14.3. The van der Waals surface area contributed by atoms with Gasteiger partial charge in [-0.2, -0.15) is 0 Å². The van der Waals surface area contributed by atoms with E-state index >= 15 is 0 Å². The number of benzene rings is 8. The first-order valence-electron chi connectivity index (χ1n) is 19.7. The zero-order chi connectivity index (χ0) is 37.4. The summed E-state index contributed by atoms with van der Waals surface area (Å²) in [7, 11) is 0. The van der Waals surface area contributed by atoms with Crippen LogP contribution >= 0.6 is 0 Å². The summed E-state index contributed by atoms with van der Waals surface area (Å²) in [5.41, 5.74) is 17.9. The fourth-order valence-corrected chi connectivity index (χ4v) is 10.6. The highest BCUT2D eigenvalue weighted by molar-refractivity contribution is 6.24. The van der Waals surface area contributed by atoms with Crippen LogP contribution in [0.4, 0.5) is 34.1 Å². The lowest BCUT2D eigenvalue weighted by Crippen LogP contribution is -2.32. The lowest BCUT2D eigenvalue weighted by Gasteiger charge is -2.44. The van der Waals surface area contributed by atoms with Crippen LogP contribution in [0.3, 0.4) is 0 Å². The SMILES string of the molecule is CC1(C)c2ccccc2-c2cc3c(cc21)C(C)(C)c1ccccc1N3c1c2ccccc2c(N2c3ccccc3C(C)(C)c3ccccc32)c2ccccc12. The molecule has 0 N–H and O–H groups in total. The number of para-hydroxylation sites is 3. The van der Waals surface area contributed by atoms with Crippen molar-refractivity contribution in [2.75, 3.05) is 9.80 Å². The summed E-state index contributed by atoms with van der Waals surface area (Å²) in [5, 5.41) is 4.93. The van der Waals surface area contributed by atoms with Crippen LogP contribution in [-0.4, -0.2) is 0 Å². The van der Waals surface area contributed by atoms with E-state index in [9.17, 15) is 0 Å². The second kappa shape index (κ2) is 11.0. The number of hydrogen-bond donors (Lipinski definition) is 0. The standard InChI is InChI=1S/C53H44N2/c1-51(2)39-24-12-11-19-33(39)38-31-48-44(32-43(38)51)53(5,6)42-27-15-18-30-47(42)55(48)50-36-22-9-7-20-34(36)49(35-21-8-10-23-37(35)50)54-45-28-16-13-25-40(45)52(3,4)41-26-14-17-29-46(41)54/h7-32H,1-6H3. The zero-order valence-corrected chi connectivity index (χ0v) is 32.4. The van der Waals surface area contributed by atoms with Gasteiger partial charge in [0.05, 0.1) is 34.1 Å². The van der Waals surface area contributed by atoms with Gasteiger partial charge in [-0.3, -0.25) is 0 Å². The van der Waals surface area contributed by atoms with E-state index in [1.165, 1.54) is 100 Å². The lowest BCUT2D eigenvalue weighted by molar-refractivity contribution is 0.620. The lowest BCUT2D eigenvalue weighted by atomic mass is 9.71. The third kappa shape index (κ3) is 4.15. The first-order valence-corrected chi connectivity index (χ1v) is 19.7. The molecule has 0 saturated heterocycles. The molecule has 0 saturated carbocycles. The summed E-state index contributed by atoms with van der Waals surface area (Å²) < 4.78 is 0. The molecular weight excluding hydrogens is 665 g/mol. The largest absolute Gasteiger partial charge is 0.309 e. The monoisotopic (exact) mass is 708 g/mol. The molecule has 0 atom stereocenters. The fourth-order valence-electron chi connectivity index (χ4n) is 10.6. The molecule has 3 aliphatic rings. The van der Waals surface area contributed by atoms with Gasteiger partial charge in [0.1, 0.15) is 0 Å². The van der Waals surface area contributed by atoms with Crippen LogP contribution in [0.5, 0.6) is 0 Å². The van der Waals surface area contributed by atoms with E-state index in [1.54, 1.807) is 0 Å². The van der Waals surface area contributed by atoms with Gasteiger partial charge in [0.15, 0.2) is 0 Å². The topological polar surface area (TPSA) is 6.48 Å². The summed E-state index contributed by atoms with van der Waals surface area (Å²) in [4.78, 5) is 5.16. The zero-order valence-electron chi connectivity index (χ0n) is 32.4. The molecule has 2 aliphatic heterocycles. The van der Waals surface area contributed by atoms with Crippen LogP contribution in [0.1, 0.15) is 74.9 Å². The second-order valence-corrected chi connectivity index (χ2v) is 17.3. The quantitative estimate of drug-likeness (QED) is 0.165. The normalized spacial score (nSPS) is 16.5. The Kier molecular flexibility index (Phi) is 6.45. The Balaban J connectivity index is 1.27. The predicted octanol–water partition coefficient (Wildman–Crippen LogP) is 14.5. The Bertz CT molecular complexity index is 2820. The van der Waals surface area contributed by atoms with Crippen LogP contribution in [-0.2, 0) is 16.2 Å². The van der Waals surface area contributed by atoms with E-state index in [0.717, 1.165) is 0 Å². The Labute approximate surface area is 324 Å². The van der Waals surface area contributed by atoms with Crippen molar-refractivity contribution in [1.29, 1.82) is 0 Å². The van der Waals surface area contributed by atoms with Gasteiger partial charge in [0.2, 0.25) is 0 Å². The molecule has 0 amide bonds. The highest BCUT2D eigenvalue weighted by Gasteiger charge is 2.43. The molecular formula is C53H44N2. The number of anilines is 6. The Hall–Kier alpha value is -6.12. The molecule has 266 valence electrons. The predicted molar refractivity (Wildman–Crippen MR) is 233 cm³/mol. The molecule has 8 aromatic carbocycles. The van der Waals surface area contributed by atoms with Gasteiger partial charge in [0, 0.05) is 37.8 Å². The highest BCUT2D eigenvalue weighted by atomic mass is 15.2. The maximum atomic E-state index is 2.61. The summed E-state index contributed by atoms with van der Waals surface area (Å²) in [5.74, 6) is 0. The Morgan fingerprint density at radius 2 is 0.636 bits per heavy atom. The number of rotatable bonds is 2. The van der Waals surface area contributed by atoms with Crippen molar-refractivity contribution in [3.05, 3.63) is 191 Å². The van der Waals surface area contributed by atoms with Crippen LogP contribution in [0, 0.1) is 0 Å². The van der Waals surface area contributed by atoms with Crippen LogP contribution in [0.2, 0.25) is 0 Å². The highest BCUT2D eigenvalue weighted by Crippen LogP contribution is 2.61. The second-order valence-electron chi connectivity index (χ2n) is 17.3. The molecule has 11 rings (SSSR count). The molecule has 0 bridgehead atoms. The summed E-state index contributed by atoms with van der Waals surface area (Å²) in [6, 6.07) is 59.4. The number of hydrogen-bond acceptors (Lipinski definition) is 2. The van der Waals surface area contributed by atoms with Crippen LogP contribution in [0.25, 0.3) is 32.7 Å². The van der Waals surface area contributed by atoms with Gasteiger partial charge >= 0.3 is 0 Å². The van der Waals surface area contributed by atoms with Gasteiger partial charge in [0.25, 0.3) is 0 Å². The molecule has 0 aromatic heterocycles. The molecule has 2 heterocycles. The Morgan fingerprint density at radius 3 is 1.11 bits per heavy atom. The van der Waals surface area contributed by atoms with E-state index < -0.39 is 0 Å². The van der Waals surface area contributed by atoms with E-state index in [4.69, 9.17) is 0 Å². The van der Waals surface area contributed by atoms with E-state index in [0.29, 0.717) is 0 Å². The van der Waals surface area contributed by atoms with Gasteiger partial charge in [-0.25, -0.2) is 0 Å². The van der Waals surface area contributed by atoms with Gasteiger partial charge in [-0.05, 0) is 68.8 Å². The Morgan fingerprint density at radius 1 is 0.291 bits per heavy atom. The van der Waals surface area contributed by atoms with Crippen LogP contribution < -0.4 is 9.80 Å². The van der Waals surface area contributed by atoms with E-state index in [1.807, 2.05) is 0 Å². The maximum Gasteiger partial charge on any atom is 0.0620 e. The fraction of sp³-hybridized carbons (Fsp3) is 0.170. The van der Waals surface area contributed by atoms with Crippen LogP contribution in [0.15, 0.2) is 158 Å². The van der Waals surface area contributed by atoms with Gasteiger partial charge in [-0.15, -0.1) is 0 Å². The first-order chi connectivity index (χ1) is 26.6. The molecule has 1 aliphatic carbocycles. The maximum absolute atomic E-state index is 2.61. The molecule has 8 aromatic rings. The van der Waals surface area contributed by atoms with Gasteiger partial charge < -0.3 is 9.80 Å². The average molecular weight is 709 g/mol. The van der Waals surface area contributed by atoms with Crippen molar-refractivity contribution in [2.24, 2.45) is 0 Å².